The molecule has 4 rings (SSSR count). The molecule has 3 aromatic rings. The summed E-state index contributed by atoms with van der Waals surface area (Å²) in [5.74, 6) is 1.22. The Kier molecular flexibility index (Phi) is 4.76. The summed E-state index contributed by atoms with van der Waals surface area (Å²) in [4.78, 5) is 22.1. The zero-order chi connectivity index (χ0) is 19.7. The highest BCUT2D eigenvalue weighted by Gasteiger charge is 2.30. The standard InChI is InChI=1S/C19H22N4O5/c1-19(2,3)27-18(24)23-7-5-13(10-23)25-11-16-21-17(22-28-16)15-8-12-9-20-6-4-14(12)26-15/h4,6,8-9,13H,5,7,10-11H2,1-3H3/t13-/m1/s1. The second kappa shape index (κ2) is 7.23. The molecule has 1 saturated heterocycles. The Labute approximate surface area is 161 Å². The van der Waals surface area contributed by atoms with Crippen LogP contribution < -0.4 is 0 Å². The van der Waals surface area contributed by atoms with Gasteiger partial charge in [0.05, 0.1) is 12.6 Å². The first kappa shape index (κ1) is 18.4. The lowest BCUT2D eigenvalue weighted by molar-refractivity contribution is 0.0140. The van der Waals surface area contributed by atoms with Crippen LogP contribution in [0.4, 0.5) is 4.79 Å². The van der Waals surface area contributed by atoms with E-state index in [1.807, 2.05) is 26.8 Å². The van der Waals surface area contributed by atoms with Gasteiger partial charge in [-0.3, -0.25) is 4.98 Å². The molecule has 148 valence electrons. The largest absolute Gasteiger partial charge is 0.452 e. The molecule has 0 radical (unpaired) electrons. The minimum atomic E-state index is -0.511. The molecule has 0 aromatic carbocycles. The van der Waals surface area contributed by atoms with Gasteiger partial charge in [-0.25, -0.2) is 4.79 Å². The predicted octanol–water partition coefficient (Wildman–Crippen LogP) is 3.40. The lowest BCUT2D eigenvalue weighted by Gasteiger charge is -2.24. The van der Waals surface area contributed by atoms with Gasteiger partial charge in [0, 0.05) is 24.3 Å². The number of fused-ring (bicyclic) bond motifs is 1. The predicted molar refractivity (Wildman–Crippen MR) is 98.3 cm³/mol. The van der Waals surface area contributed by atoms with Crippen LogP contribution in [0.25, 0.3) is 22.6 Å². The van der Waals surface area contributed by atoms with Crippen molar-refractivity contribution in [2.24, 2.45) is 0 Å². The van der Waals surface area contributed by atoms with E-state index in [0.717, 1.165) is 11.8 Å². The van der Waals surface area contributed by atoms with E-state index < -0.39 is 5.60 Å². The van der Waals surface area contributed by atoms with Crippen molar-refractivity contribution < 1.29 is 23.2 Å². The minimum Gasteiger partial charge on any atom is -0.452 e. The molecule has 28 heavy (non-hydrogen) atoms. The van der Waals surface area contributed by atoms with E-state index in [1.165, 1.54) is 0 Å². The molecule has 1 aliphatic rings. The summed E-state index contributed by atoms with van der Waals surface area (Å²) in [6, 6.07) is 3.59. The number of hydrogen-bond donors (Lipinski definition) is 0. The van der Waals surface area contributed by atoms with E-state index in [9.17, 15) is 4.79 Å². The van der Waals surface area contributed by atoms with Gasteiger partial charge in [0.2, 0.25) is 5.82 Å². The highest BCUT2D eigenvalue weighted by atomic mass is 16.6. The van der Waals surface area contributed by atoms with Crippen molar-refractivity contribution in [3.05, 3.63) is 30.4 Å². The maximum atomic E-state index is 12.1. The first-order chi connectivity index (χ1) is 13.4. The Hall–Kier alpha value is -2.94. The highest BCUT2D eigenvalue weighted by molar-refractivity contribution is 5.80. The summed E-state index contributed by atoms with van der Waals surface area (Å²) in [5.41, 5.74) is 0.198. The summed E-state index contributed by atoms with van der Waals surface area (Å²) in [5, 5.41) is 4.81. The van der Waals surface area contributed by atoms with Crippen molar-refractivity contribution in [3.8, 4) is 11.6 Å². The van der Waals surface area contributed by atoms with Crippen LogP contribution in [0.1, 0.15) is 33.1 Å². The zero-order valence-corrected chi connectivity index (χ0v) is 16.0. The monoisotopic (exact) mass is 386 g/mol. The number of pyridine rings is 1. The SMILES string of the molecule is CC(C)(C)OC(=O)N1CC[C@@H](OCc2nc(-c3cc4cnccc4o3)no2)C1. The summed E-state index contributed by atoms with van der Waals surface area (Å²) in [6.07, 6.45) is 3.69. The van der Waals surface area contributed by atoms with Gasteiger partial charge in [0.1, 0.15) is 17.8 Å². The Bertz CT molecular complexity index is 941. The van der Waals surface area contributed by atoms with Crippen molar-refractivity contribution in [1.29, 1.82) is 0 Å². The van der Waals surface area contributed by atoms with Crippen molar-refractivity contribution in [2.45, 2.75) is 45.5 Å². The summed E-state index contributed by atoms with van der Waals surface area (Å²) in [6.45, 7) is 6.79. The Morgan fingerprint density at radius 3 is 3.04 bits per heavy atom. The third-order valence-corrected chi connectivity index (χ3v) is 4.24. The van der Waals surface area contributed by atoms with Crippen LogP contribution in [0, 0.1) is 0 Å². The Morgan fingerprint density at radius 1 is 1.39 bits per heavy atom. The molecule has 9 nitrogen and oxygen atoms in total. The molecular weight excluding hydrogens is 364 g/mol. The van der Waals surface area contributed by atoms with E-state index in [4.69, 9.17) is 18.4 Å². The molecule has 0 spiro atoms. The molecule has 0 N–H and O–H groups in total. The van der Waals surface area contributed by atoms with Gasteiger partial charge in [0.25, 0.3) is 5.89 Å². The molecule has 1 atom stereocenters. The van der Waals surface area contributed by atoms with Gasteiger partial charge in [0.15, 0.2) is 5.76 Å². The maximum absolute atomic E-state index is 12.1. The first-order valence-electron chi connectivity index (χ1n) is 9.13. The Balaban J connectivity index is 1.32. The maximum Gasteiger partial charge on any atom is 0.410 e. The van der Waals surface area contributed by atoms with E-state index in [2.05, 4.69) is 15.1 Å². The van der Waals surface area contributed by atoms with E-state index >= 15 is 0 Å². The smallest absolute Gasteiger partial charge is 0.410 e. The quantitative estimate of drug-likeness (QED) is 0.672. The van der Waals surface area contributed by atoms with Gasteiger partial charge < -0.3 is 23.3 Å². The summed E-state index contributed by atoms with van der Waals surface area (Å²) in [7, 11) is 0. The van der Waals surface area contributed by atoms with Gasteiger partial charge in [-0.05, 0) is 39.3 Å². The van der Waals surface area contributed by atoms with Crippen LogP contribution in [0.5, 0.6) is 0 Å². The third-order valence-electron chi connectivity index (χ3n) is 4.24. The van der Waals surface area contributed by atoms with Gasteiger partial charge in [-0.1, -0.05) is 5.16 Å². The van der Waals surface area contributed by atoms with Crippen LogP contribution in [-0.2, 0) is 16.1 Å². The fourth-order valence-corrected chi connectivity index (χ4v) is 2.95. The van der Waals surface area contributed by atoms with Crippen LogP contribution in [0.3, 0.4) is 0 Å². The number of hydrogen-bond acceptors (Lipinski definition) is 8. The van der Waals surface area contributed by atoms with Gasteiger partial charge in [-0.2, -0.15) is 4.98 Å². The first-order valence-corrected chi connectivity index (χ1v) is 9.13. The molecule has 1 fully saturated rings. The number of amides is 1. The van der Waals surface area contributed by atoms with E-state index in [1.54, 1.807) is 23.4 Å². The lowest BCUT2D eigenvalue weighted by atomic mass is 10.2. The van der Waals surface area contributed by atoms with Crippen LogP contribution in [0.15, 0.2) is 33.5 Å². The summed E-state index contributed by atoms with van der Waals surface area (Å²) < 4.78 is 22.2. The van der Waals surface area contributed by atoms with Gasteiger partial charge in [-0.15, -0.1) is 0 Å². The molecular formula is C19H22N4O5. The van der Waals surface area contributed by atoms with Crippen molar-refractivity contribution >= 4 is 17.1 Å². The van der Waals surface area contributed by atoms with Crippen LogP contribution in [-0.4, -0.2) is 50.9 Å². The van der Waals surface area contributed by atoms with E-state index in [0.29, 0.717) is 36.1 Å². The van der Waals surface area contributed by atoms with Crippen LogP contribution >= 0.6 is 0 Å². The van der Waals surface area contributed by atoms with Gasteiger partial charge >= 0.3 is 6.09 Å². The van der Waals surface area contributed by atoms with E-state index in [-0.39, 0.29) is 18.8 Å². The van der Waals surface area contributed by atoms with Crippen molar-refractivity contribution in [2.75, 3.05) is 13.1 Å². The number of aromatic nitrogens is 3. The molecule has 1 aliphatic heterocycles. The fraction of sp³-hybridized carbons (Fsp3) is 0.474. The topological polar surface area (TPSA) is 104 Å². The van der Waals surface area contributed by atoms with Crippen molar-refractivity contribution in [1.82, 2.24) is 20.0 Å². The number of nitrogens with zero attached hydrogens (tertiary/aromatic N) is 4. The molecule has 1 amide bonds. The second-order valence-electron chi connectivity index (χ2n) is 7.68. The van der Waals surface area contributed by atoms with Crippen molar-refractivity contribution in [3.63, 3.8) is 0 Å². The molecule has 9 heteroatoms. The fourth-order valence-electron chi connectivity index (χ4n) is 2.95. The normalized spacial score (nSPS) is 17.4. The molecule has 0 saturated carbocycles. The summed E-state index contributed by atoms with van der Waals surface area (Å²) >= 11 is 0. The molecule has 0 bridgehead atoms. The Morgan fingerprint density at radius 2 is 2.25 bits per heavy atom. The highest BCUT2D eigenvalue weighted by Crippen LogP contribution is 2.25. The average Bonchev–Trinajstić information content (AvgIpc) is 3.36. The molecule has 0 aliphatic carbocycles. The number of likely N-dealkylation sites (tertiary alicyclic amines) is 1. The van der Waals surface area contributed by atoms with Crippen LogP contribution in [0.2, 0.25) is 0 Å². The lowest BCUT2D eigenvalue weighted by Crippen LogP contribution is -2.36. The number of carbonyl (C=O) groups is 1. The average molecular weight is 386 g/mol. The molecule has 4 heterocycles. The second-order valence-corrected chi connectivity index (χ2v) is 7.68. The molecule has 3 aromatic heterocycles. The number of carbonyl (C=O) groups excluding carboxylic acids is 1. The minimum absolute atomic E-state index is 0.0971. The third kappa shape index (κ3) is 4.14. The number of furan rings is 1. The molecule has 0 unspecified atom stereocenters. The number of rotatable bonds is 4. The zero-order valence-electron chi connectivity index (χ0n) is 16.0. The number of ether oxygens (including phenoxy) is 2.